The first kappa shape index (κ1) is 25.8. The topological polar surface area (TPSA) is 58.9 Å². The van der Waals surface area contributed by atoms with E-state index in [4.69, 9.17) is 4.43 Å². The van der Waals surface area contributed by atoms with E-state index in [2.05, 4.69) is 38.6 Å². The fraction of sp³-hybridized carbons (Fsp3) is 0.478. The van der Waals surface area contributed by atoms with E-state index in [0.717, 1.165) is 16.9 Å². The molecule has 7 heteroatoms. The average molecular weight is 441 g/mol. The van der Waals surface area contributed by atoms with Crippen molar-refractivity contribution in [1.82, 2.24) is 0 Å². The standard InChI is InChI=1S/C14H24O2Si.C9H10F2O2/c1-10-11(2)13(9-8-12(10)15)16-17(6,7)14(3,4)5;1-5-6(2)8(13-9(10)11)4-3-7(5)12/h8-9,15H,1-7H3;3-4,9,12H,1-2H3. The molecular weight excluding hydrogens is 406 g/mol. The first-order chi connectivity index (χ1) is 13.6. The smallest absolute Gasteiger partial charge is 0.387 e. The lowest BCUT2D eigenvalue weighted by atomic mass is 10.1. The van der Waals surface area contributed by atoms with Crippen LogP contribution in [0.25, 0.3) is 0 Å². The maximum absolute atomic E-state index is 11.8. The molecule has 0 heterocycles. The van der Waals surface area contributed by atoms with E-state index in [-0.39, 0.29) is 16.5 Å². The van der Waals surface area contributed by atoms with Crippen molar-refractivity contribution in [3.8, 4) is 23.0 Å². The van der Waals surface area contributed by atoms with E-state index in [1.54, 1.807) is 19.9 Å². The third-order valence-electron chi connectivity index (χ3n) is 5.81. The van der Waals surface area contributed by atoms with Crippen LogP contribution in [0, 0.1) is 27.7 Å². The van der Waals surface area contributed by atoms with Gasteiger partial charge in [0.15, 0.2) is 0 Å². The van der Waals surface area contributed by atoms with E-state index < -0.39 is 14.9 Å². The van der Waals surface area contributed by atoms with E-state index in [1.165, 1.54) is 12.1 Å². The van der Waals surface area contributed by atoms with Crippen LogP contribution in [0.4, 0.5) is 8.78 Å². The highest BCUT2D eigenvalue weighted by atomic mass is 28.4. The molecular formula is C23H34F2O4Si. The summed E-state index contributed by atoms with van der Waals surface area (Å²) in [5, 5.41) is 19.0. The summed E-state index contributed by atoms with van der Waals surface area (Å²) >= 11 is 0. The number of alkyl halides is 2. The Bertz CT molecular complexity index is 874. The first-order valence-corrected chi connectivity index (χ1v) is 12.7. The minimum Gasteiger partial charge on any atom is -0.543 e. The SMILES string of the molecule is Cc1c(O)ccc(OC(F)F)c1C.Cc1c(O)ccc(O[Si](C)(C)C(C)(C)C)c1C. The Labute approximate surface area is 179 Å². The van der Waals surface area contributed by atoms with Gasteiger partial charge in [0.05, 0.1) is 0 Å². The van der Waals surface area contributed by atoms with E-state index in [0.29, 0.717) is 16.9 Å². The monoisotopic (exact) mass is 440 g/mol. The highest BCUT2D eigenvalue weighted by molar-refractivity contribution is 6.74. The Kier molecular flexibility index (Phi) is 8.31. The fourth-order valence-electron chi connectivity index (χ4n) is 2.33. The molecule has 168 valence electrons. The Morgan fingerprint density at radius 3 is 1.57 bits per heavy atom. The lowest BCUT2D eigenvalue weighted by Crippen LogP contribution is -2.44. The van der Waals surface area contributed by atoms with E-state index in [1.807, 2.05) is 19.9 Å². The van der Waals surface area contributed by atoms with Crippen LogP contribution < -0.4 is 9.16 Å². The van der Waals surface area contributed by atoms with Crippen molar-refractivity contribution >= 4 is 8.32 Å². The predicted octanol–water partition coefficient (Wildman–Crippen LogP) is 7.00. The number of aromatic hydroxyl groups is 2. The van der Waals surface area contributed by atoms with Crippen LogP contribution >= 0.6 is 0 Å². The van der Waals surface area contributed by atoms with Gasteiger partial charge in [0.2, 0.25) is 8.32 Å². The number of phenols is 2. The Morgan fingerprint density at radius 1 is 0.767 bits per heavy atom. The number of phenolic OH excluding ortho intramolecular Hbond substituents is 2. The molecule has 0 spiro atoms. The third kappa shape index (κ3) is 6.36. The number of benzene rings is 2. The molecule has 0 aliphatic heterocycles. The molecule has 0 aliphatic rings. The molecule has 4 nitrogen and oxygen atoms in total. The molecule has 2 aromatic carbocycles. The molecule has 0 fully saturated rings. The molecule has 30 heavy (non-hydrogen) atoms. The summed E-state index contributed by atoms with van der Waals surface area (Å²) < 4.78 is 34.2. The molecule has 0 aliphatic carbocycles. The molecule has 0 bridgehead atoms. The molecule has 0 saturated carbocycles. The Morgan fingerprint density at radius 2 is 1.17 bits per heavy atom. The summed E-state index contributed by atoms with van der Waals surface area (Å²) in [5.74, 6) is 1.43. The fourth-order valence-corrected chi connectivity index (χ4v) is 3.40. The highest BCUT2D eigenvalue weighted by Crippen LogP contribution is 2.39. The highest BCUT2D eigenvalue weighted by Gasteiger charge is 2.39. The summed E-state index contributed by atoms with van der Waals surface area (Å²) in [6, 6.07) is 6.24. The zero-order chi connectivity index (χ0) is 23.4. The van der Waals surface area contributed by atoms with Crippen molar-refractivity contribution in [2.75, 3.05) is 0 Å². The molecule has 0 amide bonds. The summed E-state index contributed by atoms with van der Waals surface area (Å²) in [6.07, 6.45) is 0. The maximum Gasteiger partial charge on any atom is 0.387 e. The lowest BCUT2D eigenvalue weighted by molar-refractivity contribution is -0.0503. The second kappa shape index (κ2) is 9.68. The van der Waals surface area contributed by atoms with Gasteiger partial charge in [-0.3, -0.25) is 0 Å². The van der Waals surface area contributed by atoms with Gasteiger partial charge < -0.3 is 19.4 Å². The van der Waals surface area contributed by atoms with Gasteiger partial charge in [0, 0.05) is 0 Å². The van der Waals surface area contributed by atoms with Crippen molar-refractivity contribution in [2.45, 2.75) is 73.2 Å². The van der Waals surface area contributed by atoms with Gasteiger partial charge >= 0.3 is 6.61 Å². The largest absolute Gasteiger partial charge is 0.543 e. The van der Waals surface area contributed by atoms with Crippen LogP contribution in [0.3, 0.4) is 0 Å². The van der Waals surface area contributed by atoms with Gasteiger partial charge in [-0.25, -0.2) is 0 Å². The average Bonchev–Trinajstić information content (AvgIpc) is 2.62. The van der Waals surface area contributed by atoms with Crippen LogP contribution in [0.1, 0.15) is 43.0 Å². The molecule has 0 radical (unpaired) electrons. The van der Waals surface area contributed by atoms with Gasteiger partial charge in [-0.2, -0.15) is 8.78 Å². The molecule has 2 rings (SSSR count). The zero-order valence-electron chi connectivity index (χ0n) is 19.4. The van der Waals surface area contributed by atoms with Gasteiger partial charge in [-0.05, 0) is 92.3 Å². The van der Waals surface area contributed by atoms with Crippen molar-refractivity contribution in [3.63, 3.8) is 0 Å². The van der Waals surface area contributed by atoms with Gasteiger partial charge in [-0.15, -0.1) is 0 Å². The molecule has 0 aromatic heterocycles. The number of hydrogen-bond acceptors (Lipinski definition) is 4. The number of halogens is 2. The second-order valence-electron chi connectivity index (χ2n) is 8.91. The van der Waals surface area contributed by atoms with Crippen LogP contribution in [-0.4, -0.2) is 25.1 Å². The molecule has 2 N–H and O–H groups in total. The third-order valence-corrected chi connectivity index (χ3v) is 10.1. The summed E-state index contributed by atoms with van der Waals surface area (Å²) in [6.45, 7) is 15.5. The van der Waals surface area contributed by atoms with Crippen molar-refractivity contribution in [2.24, 2.45) is 0 Å². The van der Waals surface area contributed by atoms with Crippen molar-refractivity contribution in [3.05, 3.63) is 46.5 Å². The van der Waals surface area contributed by atoms with Crippen molar-refractivity contribution in [1.29, 1.82) is 0 Å². The molecule has 0 saturated heterocycles. The van der Waals surface area contributed by atoms with Crippen LogP contribution in [-0.2, 0) is 0 Å². The van der Waals surface area contributed by atoms with Gasteiger partial charge in [-0.1, -0.05) is 20.8 Å². The number of hydrogen-bond donors (Lipinski definition) is 2. The Balaban J connectivity index is 0.000000311. The quantitative estimate of drug-likeness (QED) is 0.502. The van der Waals surface area contributed by atoms with Crippen molar-refractivity contribution < 1.29 is 28.2 Å². The maximum atomic E-state index is 11.8. The predicted molar refractivity (Wildman–Crippen MR) is 120 cm³/mol. The summed E-state index contributed by atoms with van der Waals surface area (Å²) in [7, 11) is -1.80. The van der Waals surface area contributed by atoms with E-state index in [9.17, 15) is 19.0 Å². The molecule has 0 atom stereocenters. The van der Waals surface area contributed by atoms with Crippen LogP contribution in [0.5, 0.6) is 23.0 Å². The number of ether oxygens (including phenoxy) is 1. The second-order valence-corrected chi connectivity index (χ2v) is 13.6. The van der Waals surface area contributed by atoms with Crippen LogP contribution in [0.2, 0.25) is 18.1 Å². The Hall–Kier alpha value is -2.28. The van der Waals surface area contributed by atoms with Gasteiger partial charge in [0.25, 0.3) is 0 Å². The minimum absolute atomic E-state index is 0.0825. The molecule has 2 aromatic rings. The zero-order valence-corrected chi connectivity index (χ0v) is 20.4. The van der Waals surface area contributed by atoms with Crippen LogP contribution in [0.15, 0.2) is 24.3 Å². The van der Waals surface area contributed by atoms with Gasteiger partial charge in [0.1, 0.15) is 23.0 Å². The summed E-state index contributed by atoms with van der Waals surface area (Å²) in [4.78, 5) is 0. The number of rotatable bonds is 4. The normalized spacial score (nSPS) is 11.7. The molecule has 0 unspecified atom stereocenters. The first-order valence-electron chi connectivity index (χ1n) is 9.80. The minimum atomic E-state index is -2.83. The summed E-state index contributed by atoms with van der Waals surface area (Å²) in [5.41, 5.74) is 3.02. The lowest BCUT2D eigenvalue weighted by Gasteiger charge is -2.37. The van der Waals surface area contributed by atoms with E-state index >= 15 is 0 Å².